The molecule has 0 unspecified atom stereocenters. The summed E-state index contributed by atoms with van der Waals surface area (Å²) in [4.78, 5) is 18.0. The van der Waals surface area contributed by atoms with Crippen LogP contribution in [0, 0.1) is 6.92 Å². The van der Waals surface area contributed by atoms with E-state index in [1.807, 2.05) is 12.1 Å². The molecule has 9 nitrogen and oxygen atoms in total. The first-order chi connectivity index (χ1) is 27.4. The van der Waals surface area contributed by atoms with Crippen LogP contribution in [-0.2, 0) is 37.6 Å². The summed E-state index contributed by atoms with van der Waals surface area (Å²) in [5.74, 6) is -2.17. The molecule has 1 heterocycles. The molecule has 0 aliphatic heterocycles. The summed E-state index contributed by atoms with van der Waals surface area (Å²) in [5.41, 5.74) is 1.23. The smallest absolute Gasteiger partial charge is 0.460 e. The lowest BCUT2D eigenvalue weighted by Crippen LogP contribution is -2.41. The van der Waals surface area contributed by atoms with Crippen LogP contribution in [0.2, 0.25) is 0 Å². The molecule has 0 bridgehead atoms. The monoisotopic (exact) mass is 841 g/mol. The number of hydrogen-bond acceptors (Lipinski definition) is 9. The van der Waals surface area contributed by atoms with Crippen LogP contribution in [0.15, 0.2) is 141 Å². The third-order valence-electron chi connectivity index (χ3n) is 9.39. The van der Waals surface area contributed by atoms with E-state index in [0.29, 0.717) is 45.0 Å². The van der Waals surface area contributed by atoms with Crippen LogP contribution in [0.1, 0.15) is 76.2 Å². The normalized spacial score (nSPS) is 12.8. The second-order valence-corrected chi connectivity index (χ2v) is 19.7. The lowest BCUT2D eigenvalue weighted by Gasteiger charge is -2.40. The van der Waals surface area contributed by atoms with E-state index < -0.39 is 41.8 Å². The first-order valence-electron chi connectivity index (χ1n) is 19.1. The molecule has 4 aromatic carbocycles. The Kier molecular flexibility index (Phi) is 15.8. The third kappa shape index (κ3) is 11.3. The molecule has 0 saturated heterocycles. The third-order valence-corrected chi connectivity index (χ3v) is 15.9. The molecule has 14 heteroatoms. The number of carbonyl (C=O) groups is 1. The highest BCUT2D eigenvalue weighted by Gasteiger charge is 2.59. The maximum atomic E-state index is 15.6. The Hall–Kier alpha value is -4.21. The Morgan fingerprint density at radius 3 is 1.67 bits per heavy atom. The molecule has 0 aliphatic rings. The quantitative estimate of drug-likeness (QED) is 0.0359. The van der Waals surface area contributed by atoms with Gasteiger partial charge < -0.3 is 4.74 Å². The minimum Gasteiger partial charge on any atom is -0.460 e. The molecule has 5 rings (SSSR count). The molecular weight excluding hydrogens is 793 g/mol. The molecule has 0 radical (unpaired) electrons. The first-order valence-corrected chi connectivity index (χ1v) is 23.5. The average molecular weight is 842 g/mol. The fraction of sp³-hybridized carbons (Fsp3) is 0.349. The van der Waals surface area contributed by atoms with Gasteiger partial charge in [0.1, 0.15) is 0 Å². The number of carbonyl (C=O) groups excluding carboxylic acids is 1. The van der Waals surface area contributed by atoms with Gasteiger partial charge in [-0.2, -0.15) is 25.6 Å². The summed E-state index contributed by atoms with van der Waals surface area (Å²) in [7, 11) is -13.1. The van der Waals surface area contributed by atoms with Crippen molar-refractivity contribution in [1.29, 1.82) is 0 Å². The van der Waals surface area contributed by atoms with Crippen LogP contribution in [0.4, 0.5) is 8.78 Å². The number of fused-ring (bicyclic) bond motifs is 1. The van der Waals surface area contributed by atoms with Gasteiger partial charge in [-0.1, -0.05) is 131 Å². The van der Waals surface area contributed by atoms with Crippen molar-refractivity contribution in [3.05, 3.63) is 127 Å². The van der Waals surface area contributed by atoms with Crippen LogP contribution in [0.25, 0.3) is 10.9 Å². The summed E-state index contributed by atoms with van der Waals surface area (Å²) >= 11 is 0. The molecule has 0 N–H and O–H groups in total. The standard InChI is InChI=1S/C43H49F2NO8S3/c1-35-23-17-20-30-40(35)55(37-25-13-11-14-26-37,38-27-15-12-16-28-38)54-57(50,51)43(44,45)42(47)52-33-21-9-7-5-3-2-4-6-8-10-22-34-53-56(48,49)41-32-31-36-24-18-19-29-39(36)46-41/h11-20,23-32H,2-10,21-22,33-34H2,1H3. The van der Waals surface area contributed by atoms with Gasteiger partial charge in [0.25, 0.3) is 0 Å². The molecule has 306 valence electrons. The van der Waals surface area contributed by atoms with Gasteiger partial charge in [-0.05, 0) is 84.2 Å². The zero-order chi connectivity index (χ0) is 40.8. The van der Waals surface area contributed by atoms with Gasteiger partial charge in [0, 0.05) is 20.1 Å². The lowest BCUT2D eigenvalue weighted by molar-refractivity contribution is -0.161. The Bertz CT molecular complexity index is 2240. The number of nitrogens with zero attached hydrogens (tertiary/aromatic N) is 1. The van der Waals surface area contributed by atoms with E-state index in [1.54, 1.807) is 110 Å². The van der Waals surface area contributed by atoms with Crippen molar-refractivity contribution >= 4 is 47.4 Å². The van der Waals surface area contributed by atoms with Crippen molar-refractivity contribution in [3.63, 3.8) is 0 Å². The Balaban J connectivity index is 1.000. The highest BCUT2D eigenvalue weighted by molar-refractivity contribution is 8.33. The largest absolute Gasteiger partial charge is 0.466 e. The first kappa shape index (κ1) is 43.9. The summed E-state index contributed by atoms with van der Waals surface area (Å²) in [6.07, 6.45) is 9.15. The van der Waals surface area contributed by atoms with Gasteiger partial charge in [0.15, 0.2) is 5.03 Å². The summed E-state index contributed by atoms with van der Waals surface area (Å²) < 4.78 is 98.9. The number of para-hydroxylation sites is 1. The topological polar surface area (TPSA) is 126 Å². The molecule has 0 aliphatic carbocycles. The van der Waals surface area contributed by atoms with Crippen LogP contribution in [0.3, 0.4) is 0 Å². The number of aromatic nitrogens is 1. The molecule has 0 spiro atoms. The maximum absolute atomic E-state index is 15.6. The second kappa shape index (κ2) is 20.5. The Morgan fingerprint density at radius 2 is 1.09 bits per heavy atom. The number of benzene rings is 4. The van der Waals surface area contributed by atoms with Gasteiger partial charge in [-0.25, -0.2) is 13.4 Å². The summed E-state index contributed by atoms with van der Waals surface area (Å²) in [5, 5.41) is -4.20. The number of alkyl halides is 2. The van der Waals surface area contributed by atoms with E-state index in [-0.39, 0.29) is 18.2 Å². The number of hydrogen-bond donors (Lipinski definition) is 0. The maximum Gasteiger partial charge on any atom is 0.466 e. The molecular formula is C43H49F2NO8S3. The predicted molar refractivity (Wildman–Crippen MR) is 218 cm³/mol. The van der Waals surface area contributed by atoms with Crippen molar-refractivity contribution in [3.8, 4) is 0 Å². The van der Waals surface area contributed by atoms with Crippen molar-refractivity contribution in [2.45, 2.75) is 103 Å². The number of aryl methyl sites for hydroxylation is 1. The van der Waals surface area contributed by atoms with Crippen LogP contribution < -0.4 is 0 Å². The number of ether oxygens (including phenoxy) is 1. The van der Waals surface area contributed by atoms with Crippen molar-refractivity contribution in [1.82, 2.24) is 4.98 Å². The van der Waals surface area contributed by atoms with E-state index in [2.05, 4.69) is 4.98 Å². The predicted octanol–water partition coefficient (Wildman–Crippen LogP) is 10.9. The van der Waals surface area contributed by atoms with Gasteiger partial charge >= 0.3 is 31.5 Å². The molecule has 5 aromatic rings. The summed E-state index contributed by atoms with van der Waals surface area (Å²) in [6.45, 7) is 1.50. The van der Waals surface area contributed by atoms with Gasteiger partial charge in [-0.3, -0.25) is 4.18 Å². The van der Waals surface area contributed by atoms with E-state index in [0.717, 1.165) is 56.8 Å². The van der Waals surface area contributed by atoms with Crippen LogP contribution in [-0.4, -0.2) is 46.3 Å². The van der Waals surface area contributed by atoms with Crippen LogP contribution >= 0.6 is 10.3 Å². The molecule has 57 heavy (non-hydrogen) atoms. The molecule has 1 aromatic heterocycles. The van der Waals surface area contributed by atoms with Crippen LogP contribution in [0.5, 0.6) is 0 Å². The average Bonchev–Trinajstić information content (AvgIpc) is 3.22. The van der Waals surface area contributed by atoms with Gasteiger partial charge in [0.2, 0.25) is 0 Å². The summed E-state index contributed by atoms with van der Waals surface area (Å²) in [6, 6.07) is 34.0. The van der Waals surface area contributed by atoms with E-state index in [9.17, 15) is 21.6 Å². The number of pyridine rings is 1. The zero-order valence-corrected chi connectivity index (χ0v) is 34.4. The van der Waals surface area contributed by atoms with E-state index in [1.165, 1.54) is 6.07 Å². The van der Waals surface area contributed by atoms with Crippen molar-refractivity contribution in [2.75, 3.05) is 13.2 Å². The highest BCUT2D eigenvalue weighted by atomic mass is 32.3. The van der Waals surface area contributed by atoms with Gasteiger partial charge in [-0.15, -0.1) is 0 Å². The second-order valence-electron chi connectivity index (χ2n) is 13.6. The van der Waals surface area contributed by atoms with E-state index >= 15 is 8.78 Å². The molecule has 0 fully saturated rings. The molecule has 0 atom stereocenters. The fourth-order valence-electron chi connectivity index (χ4n) is 6.35. The number of esters is 1. The fourth-order valence-corrected chi connectivity index (χ4v) is 12.5. The lowest BCUT2D eigenvalue weighted by atomic mass is 10.1. The van der Waals surface area contributed by atoms with Crippen molar-refractivity contribution in [2.24, 2.45) is 0 Å². The molecule has 0 saturated carbocycles. The number of unbranched alkanes of at least 4 members (excludes halogenated alkanes) is 10. The Labute approximate surface area is 336 Å². The minimum atomic E-state index is -5.87. The number of halogens is 2. The minimum absolute atomic E-state index is 0.0926. The Morgan fingerprint density at radius 1 is 0.596 bits per heavy atom. The molecule has 0 amide bonds. The SMILES string of the molecule is Cc1ccccc1S(OS(=O)(=O)C(F)(F)C(=O)OCCCCCCCCCCCCCOS(=O)(=O)c1ccc2ccccc2n1)(c1ccccc1)c1ccccc1. The number of rotatable bonds is 23. The van der Waals surface area contributed by atoms with E-state index in [4.69, 9.17) is 12.5 Å². The highest BCUT2D eigenvalue weighted by Crippen LogP contribution is 2.71. The van der Waals surface area contributed by atoms with Gasteiger partial charge in [0.05, 0.1) is 18.7 Å². The zero-order valence-electron chi connectivity index (χ0n) is 31.9. The van der Waals surface area contributed by atoms with Crippen molar-refractivity contribution < 1.29 is 43.0 Å².